The van der Waals surface area contributed by atoms with Crippen LogP contribution in [0.2, 0.25) is 0 Å². The third-order valence-electron chi connectivity index (χ3n) is 11.8. The maximum absolute atomic E-state index is 6.67. The van der Waals surface area contributed by atoms with E-state index in [1.165, 1.54) is 64.4 Å². The highest BCUT2D eigenvalue weighted by Crippen LogP contribution is 2.44. The number of furan rings is 1. The van der Waals surface area contributed by atoms with E-state index in [1.54, 1.807) is 0 Å². The van der Waals surface area contributed by atoms with Gasteiger partial charge in [0, 0.05) is 47.3 Å². The second-order valence-electron chi connectivity index (χ2n) is 15.1. The summed E-state index contributed by atoms with van der Waals surface area (Å²) >= 11 is 1.86. The van der Waals surface area contributed by atoms with Crippen molar-refractivity contribution in [3.05, 3.63) is 187 Å². The molecule has 272 valence electrons. The Morgan fingerprint density at radius 1 is 0.632 bits per heavy atom. The summed E-state index contributed by atoms with van der Waals surface area (Å²) in [5.41, 5.74) is 11.2. The summed E-state index contributed by atoms with van der Waals surface area (Å²) in [5.74, 6) is 0.861. The van der Waals surface area contributed by atoms with Gasteiger partial charge in [-0.3, -0.25) is 5.32 Å². The second-order valence-corrected chi connectivity index (χ2v) is 16.2. The van der Waals surface area contributed by atoms with E-state index < -0.39 is 0 Å². The molecule has 0 spiro atoms. The van der Waals surface area contributed by atoms with Crippen LogP contribution in [0.3, 0.4) is 0 Å². The van der Waals surface area contributed by atoms with Crippen LogP contribution >= 0.6 is 11.3 Å². The van der Waals surface area contributed by atoms with E-state index in [9.17, 15) is 0 Å². The quantitative estimate of drug-likeness (QED) is 0.184. The highest BCUT2D eigenvalue weighted by Gasteiger charge is 2.27. The predicted octanol–water partition coefficient (Wildman–Crippen LogP) is 13.0. The van der Waals surface area contributed by atoms with Gasteiger partial charge in [0.1, 0.15) is 29.3 Å². The van der Waals surface area contributed by atoms with Crippen molar-refractivity contribution in [1.82, 2.24) is 15.2 Å². The van der Waals surface area contributed by atoms with Crippen molar-refractivity contribution in [2.75, 3.05) is 0 Å². The number of para-hydroxylation sites is 2. The van der Waals surface area contributed by atoms with Gasteiger partial charge in [-0.05, 0) is 89.7 Å². The van der Waals surface area contributed by atoms with Crippen molar-refractivity contribution in [3.8, 4) is 16.8 Å². The molecule has 0 saturated carbocycles. The number of benzene rings is 7. The SMILES string of the molecule is C1=CCCC(C2N=C(c3ccc4c(c3)oc3cccc(-c5ccc6sc7cccc(-n8c9ccccc9c9ccccc98)c7c6c5)c34)NC(c3ccccc3)N2)=C1. The van der Waals surface area contributed by atoms with Crippen molar-refractivity contribution in [1.29, 1.82) is 0 Å². The van der Waals surface area contributed by atoms with Gasteiger partial charge in [-0.25, -0.2) is 4.99 Å². The Morgan fingerprint density at radius 3 is 2.25 bits per heavy atom. The third kappa shape index (κ3) is 5.22. The number of hydrogen-bond acceptors (Lipinski definition) is 5. The molecule has 2 atom stereocenters. The van der Waals surface area contributed by atoms with Crippen LogP contribution in [0.1, 0.15) is 30.1 Å². The Labute approximate surface area is 332 Å². The zero-order chi connectivity index (χ0) is 37.5. The Bertz CT molecular complexity index is 3270. The van der Waals surface area contributed by atoms with Gasteiger partial charge >= 0.3 is 0 Å². The molecular formula is C51H36N4OS. The number of amidine groups is 1. The monoisotopic (exact) mass is 752 g/mol. The van der Waals surface area contributed by atoms with E-state index in [4.69, 9.17) is 9.41 Å². The fraction of sp³-hybridized carbons (Fsp3) is 0.0784. The van der Waals surface area contributed by atoms with Crippen LogP contribution < -0.4 is 10.6 Å². The van der Waals surface area contributed by atoms with E-state index >= 15 is 0 Å². The van der Waals surface area contributed by atoms with E-state index in [1.807, 2.05) is 11.3 Å². The van der Waals surface area contributed by atoms with Crippen LogP contribution in [0, 0.1) is 0 Å². The summed E-state index contributed by atoms with van der Waals surface area (Å²) in [4.78, 5) is 5.23. The molecule has 1 aliphatic heterocycles. The standard InChI is InChI=1S/C51H36N4OS/c1-3-13-31(14-4-1)49-52-50(32-15-5-2-6-16-32)54-51(53-49)34-25-27-38-44(30-34)56-43-23-11-19-35(47(38)43)33-26-28-45-39(29-33)48-42(22-12-24-46(48)57-45)55-40-20-9-7-17-36(40)37-18-8-10-21-41(37)55/h1-5,7-15,17-30,49-50,52H,6,16H2,(H,53,54). The largest absolute Gasteiger partial charge is 0.456 e. The number of thiophene rings is 1. The maximum Gasteiger partial charge on any atom is 0.136 e. The molecular weight excluding hydrogens is 717 g/mol. The molecule has 3 aromatic heterocycles. The van der Waals surface area contributed by atoms with E-state index in [0.29, 0.717) is 0 Å². The topological polar surface area (TPSA) is 54.5 Å². The molecule has 6 heteroatoms. The fourth-order valence-electron chi connectivity index (χ4n) is 9.12. The summed E-state index contributed by atoms with van der Waals surface area (Å²) in [7, 11) is 0. The first-order valence-corrected chi connectivity index (χ1v) is 20.5. The number of hydrogen-bond donors (Lipinski definition) is 2. The zero-order valence-corrected chi connectivity index (χ0v) is 31.8. The summed E-state index contributed by atoms with van der Waals surface area (Å²) in [6.45, 7) is 0. The Kier molecular flexibility index (Phi) is 7.37. The van der Waals surface area contributed by atoms with Gasteiger partial charge in [-0.2, -0.15) is 0 Å². The summed E-state index contributed by atoms with van der Waals surface area (Å²) in [6, 6.07) is 54.7. The molecule has 1 aliphatic carbocycles. The first kappa shape index (κ1) is 32.5. The molecule has 10 aromatic rings. The molecule has 0 radical (unpaired) electrons. The van der Waals surface area contributed by atoms with Crippen LogP contribution in [-0.2, 0) is 0 Å². The van der Waals surface area contributed by atoms with Crippen molar-refractivity contribution in [2.45, 2.75) is 25.2 Å². The number of nitrogens with one attached hydrogen (secondary N) is 2. The maximum atomic E-state index is 6.67. The molecule has 5 nitrogen and oxygen atoms in total. The van der Waals surface area contributed by atoms with Gasteiger partial charge < -0.3 is 14.3 Å². The van der Waals surface area contributed by atoms with E-state index in [0.717, 1.165) is 51.7 Å². The molecule has 4 heterocycles. The summed E-state index contributed by atoms with van der Waals surface area (Å²) < 4.78 is 11.7. The molecule has 57 heavy (non-hydrogen) atoms. The first-order valence-electron chi connectivity index (χ1n) is 19.7. The average molecular weight is 753 g/mol. The smallest absolute Gasteiger partial charge is 0.136 e. The van der Waals surface area contributed by atoms with Gasteiger partial charge in [0.2, 0.25) is 0 Å². The lowest BCUT2D eigenvalue weighted by atomic mass is 9.97. The number of aliphatic imine (C=N–C) groups is 1. The number of nitrogens with zero attached hydrogens (tertiary/aromatic N) is 2. The summed E-state index contributed by atoms with van der Waals surface area (Å²) in [5, 5.41) is 14.7. The molecule has 0 amide bonds. The number of rotatable bonds is 5. The lowest BCUT2D eigenvalue weighted by Gasteiger charge is -2.33. The Morgan fingerprint density at radius 2 is 1.42 bits per heavy atom. The lowest BCUT2D eigenvalue weighted by molar-refractivity contribution is 0.425. The Hall–Kier alpha value is -6.73. The van der Waals surface area contributed by atoms with Gasteiger partial charge in [-0.15, -0.1) is 11.3 Å². The van der Waals surface area contributed by atoms with Crippen molar-refractivity contribution < 1.29 is 4.42 Å². The second kappa shape index (κ2) is 12.9. The van der Waals surface area contributed by atoms with E-state index in [-0.39, 0.29) is 12.3 Å². The minimum absolute atomic E-state index is 0.0768. The van der Waals surface area contributed by atoms with Crippen molar-refractivity contribution >= 4 is 81.1 Å². The number of allylic oxidation sites excluding steroid dienone is 3. The summed E-state index contributed by atoms with van der Waals surface area (Å²) in [6.07, 6.45) is 8.41. The fourth-order valence-corrected chi connectivity index (χ4v) is 10.2. The number of fused-ring (bicyclic) bond motifs is 9. The van der Waals surface area contributed by atoms with Crippen molar-refractivity contribution in [2.24, 2.45) is 4.99 Å². The molecule has 0 bridgehead atoms. The van der Waals surface area contributed by atoms with E-state index in [2.05, 4.69) is 185 Å². The molecule has 12 rings (SSSR count). The minimum atomic E-state index is -0.118. The molecule has 7 aromatic carbocycles. The molecule has 0 fully saturated rings. The lowest BCUT2D eigenvalue weighted by Crippen LogP contribution is -2.49. The first-order chi connectivity index (χ1) is 28.2. The molecule has 0 saturated heterocycles. The van der Waals surface area contributed by atoms with Gasteiger partial charge in [-0.1, -0.05) is 115 Å². The van der Waals surface area contributed by atoms with Gasteiger partial charge in [0.15, 0.2) is 0 Å². The van der Waals surface area contributed by atoms with Crippen LogP contribution in [0.5, 0.6) is 0 Å². The average Bonchev–Trinajstić information content (AvgIpc) is 3.96. The zero-order valence-electron chi connectivity index (χ0n) is 30.9. The van der Waals surface area contributed by atoms with Crippen LogP contribution in [-0.4, -0.2) is 16.6 Å². The van der Waals surface area contributed by atoms with Crippen LogP contribution in [0.25, 0.3) is 80.7 Å². The van der Waals surface area contributed by atoms with Gasteiger partial charge in [0.05, 0.1) is 16.7 Å². The molecule has 2 aliphatic rings. The van der Waals surface area contributed by atoms with Crippen LogP contribution in [0.15, 0.2) is 185 Å². The highest BCUT2D eigenvalue weighted by atomic mass is 32.1. The molecule has 2 unspecified atom stereocenters. The normalized spacial score (nSPS) is 17.2. The highest BCUT2D eigenvalue weighted by molar-refractivity contribution is 7.25. The predicted molar refractivity (Wildman–Crippen MR) is 239 cm³/mol. The molecule has 2 N–H and O–H groups in total. The van der Waals surface area contributed by atoms with Crippen molar-refractivity contribution in [3.63, 3.8) is 0 Å². The minimum Gasteiger partial charge on any atom is -0.456 e. The Balaban J connectivity index is 0.989. The third-order valence-corrected chi connectivity index (χ3v) is 12.9. The van der Waals surface area contributed by atoms with Crippen LogP contribution in [0.4, 0.5) is 0 Å². The van der Waals surface area contributed by atoms with Gasteiger partial charge in [0.25, 0.3) is 0 Å². The number of aromatic nitrogens is 1.